The van der Waals surface area contributed by atoms with E-state index in [1.807, 2.05) is 0 Å². The molecule has 2 fully saturated rings. The van der Waals surface area contributed by atoms with Gasteiger partial charge in [-0.3, -0.25) is 23.7 Å². The number of imidazole rings is 1. The van der Waals surface area contributed by atoms with Gasteiger partial charge >= 0.3 is 8.25 Å². The Morgan fingerprint density at radius 1 is 1.20 bits per heavy atom. The maximum absolute atomic E-state index is 14.9. The van der Waals surface area contributed by atoms with Gasteiger partial charge in [-0.2, -0.15) is 9.67 Å². The number of nitrogens with zero attached hydrogens (tertiary/aromatic N) is 7. The van der Waals surface area contributed by atoms with E-state index >= 15 is 0 Å². The van der Waals surface area contributed by atoms with Crippen molar-refractivity contribution in [2.24, 2.45) is 0 Å². The van der Waals surface area contributed by atoms with Gasteiger partial charge in [0.2, 0.25) is 5.95 Å². The highest BCUT2D eigenvalue weighted by Gasteiger charge is 2.47. The largest absolute Gasteiger partial charge is 0.394 e. The summed E-state index contributed by atoms with van der Waals surface area (Å²) in [5, 5.41) is 27.3. The number of halogens is 1. The Labute approximate surface area is 221 Å². The van der Waals surface area contributed by atoms with Crippen LogP contribution in [-0.2, 0) is 23.1 Å². The van der Waals surface area contributed by atoms with Gasteiger partial charge < -0.3 is 39.5 Å². The topological polar surface area (TPSA) is 260 Å². The summed E-state index contributed by atoms with van der Waals surface area (Å²) in [7, 11) is -3.30. The quantitative estimate of drug-likeness (QED) is 0.139. The van der Waals surface area contributed by atoms with Crippen molar-refractivity contribution < 1.29 is 37.7 Å². The van der Waals surface area contributed by atoms with Gasteiger partial charge in [-0.1, -0.05) is 5.21 Å². The summed E-state index contributed by atoms with van der Waals surface area (Å²) in [6, 6.07) is 0. The normalized spacial score (nSPS) is 29.5. The Balaban J connectivity index is 1.14. The second kappa shape index (κ2) is 10.4. The Hall–Kier alpha value is -3.65. The molecule has 0 amide bonds. The fourth-order valence-corrected chi connectivity index (χ4v) is 5.44. The first-order valence-corrected chi connectivity index (χ1v) is 13.1. The first-order valence-electron chi connectivity index (χ1n) is 11.8. The van der Waals surface area contributed by atoms with Crippen molar-refractivity contribution in [3.8, 4) is 0 Å². The van der Waals surface area contributed by atoms with E-state index in [1.54, 1.807) is 0 Å². The first kappa shape index (κ1) is 26.6. The lowest BCUT2D eigenvalue weighted by atomic mass is 10.1. The number of nitrogens with one attached hydrogen (secondary N) is 2. The lowest BCUT2D eigenvalue weighted by molar-refractivity contribution is -0.0547. The highest BCUT2D eigenvalue weighted by atomic mass is 31.1. The zero-order valence-corrected chi connectivity index (χ0v) is 21.2. The summed E-state index contributed by atoms with van der Waals surface area (Å²) in [4.78, 5) is 40.6. The summed E-state index contributed by atoms with van der Waals surface area (Å²) in [6.45, 7) is -0.903. The molecule has 0 saturated carbocycles. The minimum absolute atomic E-state index is 0.0180. The number of aliphatic hydroxyl groups excluding tert-OH is 2. The molecule has 4 aromatic rings. The molecule has 0 spiro atoms. The van der Waals surface area contributed by atoms with E-state index in [-0.39, 0.29) is 41.3 Å². The monoisotopic (exact) mass is 584 g/mol. The predicted molar refractivity (Wildman–Crippen MR) is 129 cm³/mol. The lowest BCUT2D eigenvalue weighted by Crippen LogP contribution is -2.31. The summed E-state index contributed by atoms with van der Waals surface area (Å²) in [5.41, 5.74) is 4.34. The lowest BCUT2D eigenvalue weighted by Gasteiger charge is -2.21. The average Bonchev–Trinajstić information content (AvgIpc) is 3.69. The number of fused-ring (bicyclic) bond motifs is 2. The molecule has 19 nitrogen and oxygen atoms in total. The zero-order valence-electron chi connectivity index (χ0n) is 20.2. The number of ether oxygens (including phenoxy) is 2. The minimum atomic E-state index is -3.30. The molecule has 21 heteroatoms. The molecule has 0 aromatic carbocycles. The summed E-state index contributed by atoms with van der Waals surface area (Å²) >= 11 is 0. The van der Waals surface area contributed by atoms with E-state index in [9.17, 15) is 28.8 Å². The molecular formula is C19H22FN10O9P. The molecule has 8 atom stereocenters. The molecule has 4 aromatic heterocycles. The standard InChI is InChI=1S/C19H22FN10O9P/c20-9-12(32)8(38-18(9)30-13-11(27-28-30)15(33)23-4-22-13)3-36-40(35)39-7-1-6(2-31)37-17(7)29-5-24-10-14(29)25-19(21)26-16(10)34/h4-9,12,17-18,31-32,40H,1-3H2,(H,22,23,33)(H3,21,25,26,34)/t6-,7+,8+,9-,12+,17+,18+/m0/s1. The molecule has 40 heavy (non-hydrogen) atoms. The van der Waals surface area contributed by atoms with Gasteiger partial charge in [-0.25, -0.2) is 14.4 Å². The van der Waals surface area contributed by atoms with Gasteiger partial charge in [0.25, 0.3) is 11.1 Å². The SMILES string of the molecule is Nc1nc2c(ncn2[C@@H]2O[C@H](CO)C[C@H]2O[PH](=O)OC[C@H]2O[C@@H](n3nnc4c(=O)[nH]cnc43)[C@@H](F)[C@@H]2O)c(=O)[nH]1. The molecule has 0 radical (unpaired) electrons. The molecule has 2 aliphatic heterocycles. The minimum Gasteiger partial charge on any atom is -0.394 e. The molecule has 1 unspecified atom stereocenters. The number of aliphatic hydroxyl groups is 2. The summed E-state index contributed by atoms with van der Waals surface area (Å²) in [5.74, 6) is -0.161. The van der Waals surface area contributed by atoms with Crippen molar-refractivity contribution in [2.75, 3.05) is 18.9 Å². The van der Waals surface area contributed by atoms with Crippen LogP contribution < -0.4 is 16.9 Å². The number of H-pyrrole nitrogens is 2. The van der Waals surface area contributed by atoms with E-state index < -0.39 is 69.0 Å². The average molecular weight is 584 g/mol. The van der Waals surface area contributed by atoms with Crippen LogP contribution in [0.5, 0.6) is 0 Å². The van der Waals surface area contributed by atoms with Crippen LogP contribution in [0, 0.1) is 0 Å². The highest BCUT2D eigenvalue weighted by molar-refractivity contribution is 7.33. The van der Waals surface area contributed by atoms with E-state index in [0.717, 1.165) is 11.0 Å². The van der Waals surface area contributed by atoms with Gasteiger partial charge in [-0.15, -0.1) is 5.10 Å². The highest BCUT2D eigenvalue weighted by Crippen LogP contribution is 2.40. The van der Waals surface area contributed by atoms with Crippen LogP contribution >= 0.6 is 8.25 Å². The molecule has 6 rings (SSSR count). The maximum atomic E-state index is 14.9. The molecule has 6 N–H and O–H groups in total. The molecule has 0 aliphatic carbocycles. The van der Waals surface area contributed by atoms with Crippen LogP contribution in [0.1, 0.15) is 18.9 Å². The Bertz CT molecular complexity index is 1690. The molecule has 2 aliphatic rings. The van der Waals surface area contributed by atoms with Crippen molar-refractivity contribution in [2.45, 2.75) is 49.5 Å². The number of nitrogens with two attached hydrogens (primary N) is 1. The van der Waals surface area contributed by atoms with E-state index in [2.05, 4.69) is 35.2 Å². The number of alkyl halides is 1. The fourth-order valence-electron chi connectivity index (χ4n) is 4.61. The summed E-state index contributed by atoms with van der Waals surface area (Å²) < 4.78 is 52.1. The Morgan fingerprint density at radius 3 is 2.83 bits per heavy atom. The van der Waals surface area contributed by atoms with Crippen molar-refractivity contribution in [1.82, 2.24) is 44.5 Å². The van der Waals surface area contributed by atoms with Gasteiger partial charge in [0.15, 0.2) is 41.0 Å². The van der Waals surface area contributed by atoms with Crippen LogP contribution in [0.15, 0.2) is 22.2 Å². The van der Waals surface area contributed by atoms with Crippen molar-refractivity contribution in [3.63, 3.8) is 0 Å². The number of hydrogen-bond acceptors (Lipinski definition) is 15. The molecule has 2 saturated heterocycles. The first-order chi connectivity index (χ1) is 19.2. The maximum Gasteiger partial charge on any atom is 0.319 e. The Kier molecular flexibility index (Phi) is 6.90. The molecular weight excluding hydrogens is 562 g/mol. The second-order valence-electron chi connectivity index (χ2n) is 9.00. The van der Waals surface area contributed by atoms with Gasteiger partial charge in [-0.05, 0) is 0 Å². The second-order valence-corrected chi connectivity index (χ2v) is 10.0. The molecule has 214 valence electrons. The number of anilines is 1. The summed E-state index contributed by atoms with van der Waals surface area (Å²) in [6.07, 6.45) is -6.65. The van der Waals surface area contributed by atoms with Gasteiger partial charge in [0.05, 0.1) is 32.0 Å². The predicted octanol–water partition coefficient (Wildman–Crippen LogP) is -2.10. The number of rotatable bonds is 8. The van der Waals surface area contributed by atoms with Crippen LogP contribution in [-0.4, -0.2) is 98.5 Å². The van der Waals surface area contributed by atoms with Crippen LogP contribution in [0.4, 0.5) is 10.3 Å². The number of nitrogen functional groups attached to an aromatic ring is 1. The number of hydrogen-bond donors (Lipinski definition) is 5. The third-order valence-corrected chi connectivity index (χ3v) is 7.39. The van der Waals surface area contributed by atoms with Crippen molar-refractivity contribution in [3.05, 3.63) is 33.4 Å². The number of aromatic amines is 2. The van der Waals surface area contributed by atoms with Gasteiger partial charge in [0, 0.05) is 6.42 Å². The molecule has 6 heterocycles. The van der Waals surface area contributed by atoms with Crippen molar-refractivity contribution in [1.29, 1.82) is 0 Å². The van der Waals surface area contributed by atoms with Crippen LogP contribution in [0.2, 0.25) is 0 Å². The van der Waals surface area contributed by atoms with Crippen LogP contribution in [0.3, 0.4) is 0 Å². The van der Waals surface area contributed by atoms with Gasteiger partial charge in [0.1, 0.15) is 18.3 Å². The third-order valence-electron chi connectivity index (χ3n) is 6.49. The smallest absolute Gasteiger partial charge is 0.319 e. The van der Waals surface area contributed by atoms with E-state index in [0.29, 0.717) is 0 Å². The van der Waals surface area contributed by atoms with E-state index in [4.69, 9.17) is 24.3 Å². The van der Waals surface area contributed by atoms with Crippen molar-refractivity contribution >= 4 is 36.5 Å². The zero-order chi connectivity index (χ0) is 28.1. The molecule has 0 bridgehead atoms. The van der Waals surface area contributed by atoms with Crippen LogP contribution in [0.25, 0.3) is 22.3 Å². The third kappa shape index (κ3) is 4.58. The Morgan fingerprint density at radius 2 is 2.02 bits per heavy atom. The number of aromatic nitrogens is 9. The fraction of sp³-hybridized carbons (Fsp3) is 0.526. The van der Waals surface area contributed by atoms with E-state index in [1.165, 1.54) is 10.9 Å².